The first-order valence-corrected chi connectivity index (χ1v) is 6.32. The molecule has 1 aromatic rings. The molecule has 0 aliphatic carbocycles. The first-order chi connectivity index (χ1) is 6.72. The Kier molecular flexibility index (Phi) is 5.30. The van der Waals surface area contributed by atoms with Crippen molar-refractivity contribution in [2.45, 2.75) is 19.5 Å². The number of hydrogen-bond donors (Lipinski definition) is 1. The van der Waals surface area contributed by atoms with E-state index in [1.807, 2.05) is 23.9 Å². The van der Waals surface area contributed by atoms with E-state index in [1.165, 1.54) is 5.56 Å². The van der Waals surface area contributed by atoms with Gasteiger partial charge in [-0.2, -0.15) is 11.8 Å². The van der Waals surface area contributed by atoms with Crippen LogP contribution in [0.1, 0.15) is 12.5 Å². The van der Waals surface area contributed by atoms with Crippen LogP contribution in [0.25, 0.3) is 0 Å². The zero-order valence-electron chi connectivity index (χ0n) is 8.46. The summed E-state index contributed by atoms with van der Waals surface area (Å²) in [5.41, 5.74) is 1.17. The number of nitrogens with one attached hydrogen (secondary N) is 1. The largest absolute Gasteiger partial charge is 0.309 e. The van der Waals surface area contributed by atoms with Crippen molar-refractivity contribution >= 4 is 23.4 Å². The molecule has 2 nitrogen and oxygen atoms in total. The molecule has 0 bridgehead atoms. The first-order valence-electron chi connectivity index (χ1n) is 4.55. The van der Waals surface area contributed by atoms with Crippen molar-refractivity contribution in [3.05, 3.63) is 29.0 Å². The van der Waals surface area contributed by atoms with Crippen LogP contribution in [0, 0.1) is 0 Å². The van der Waals surface area contributed by atoms with Gasteiger partial charge in [0.15, 0.2) is 0 Å². The van der Waals surface area contributed by atoms with Gasteiger partial charge in [-0.15, -0.1) is 0 Å². The molecule has 78 valence electrons. The van der Waals surface area contributed by atoms with Crippen LogP contribution >= 0.6 is 23.4 Å². The summed E-state index contributed by atoms with van der Waals surface area (Å²) in [5.74, 6) is 1.13. The van der Waals surface area contributed by atoms with E-state index in [9.17, 15) is 0 Å². The minimum Gasteiger partial charge on any atom is -0.309 e. The zero-order chi connectivity index (χ0) is 10.4. The van der Waals surface area contributed by atoms with Gasteiger partial charge in [0.05, 0.1) is 0 Å². The molecule has 0 aliphatic heterocycles. The summed E-state index contributed by atoms with van der Waals surface area (Å²) >= 11 is 7.54. The number of pyridine rings is 1. The minimum absolute atomic E-state index is 0.528. The number of aromatic nitrogens is 1. The van der Waals surface area contributed by atoms with E-state index in [4.69, 9.17) is 11.6 Å². The van der Waals surface area contributed by atoms with Crippen molar-refractivity contribution in [1.82, 2.24) is 10.3 Å². The van der Waals surface area contributed by atoms with Gasteiger partial charge in [-0.25, -0.2) is 4.98 Å². The Labute approximate surface area is 94.5 Å². The first kappa shape index (κ1) is 11.8. The van der Waals surface area contributed by atoms with E-state index in [1.54, 1.807) is 6.20 Å². The summed E-state index contributed by atoms with van der Waals surface area (Å²) in [6.07, 6.45) is 3.92. The van der Waals surface area contributed by atoms with E-state index in [-0.39, 0.29) is 0 Å². The standard InChI is InChI=1S/C10H15ClN2S/c1-8(7-14-2)12-5-9-3-4-10(11)13-6-9/h3-4,6,8,12H,5,7H2,1-2H3. The second-order valence-electron chi connectivity index (χ2n) is 3.23. The molecule has 1 unspecified atom stereocenters. The van der Waals surface area contributed by atoms with Gasteiger partial charge in [0.25, 0.3) is 0 Å². The molecule has 0 fully saturated rings. The zero-order valence-corrected chi connectivity index (χ0v) is 10.0. The Hall–Kier alpha value is -0.250. The third-order valence-electron chi connectivity index (χ3n) is 1.86. The second kappa shape index (κ2) is 6.27. The lowest BCUT2D eigenvalue weighted by Gasteiger charge is -2.11. The summed E-state index contributed by atoms with van der Waals surface area (Å²) in [6, 6.07) is 4.34. The number of rotatable bonds is 5. The molecule has 1 aromatic heterocycles. The van der Waals surface area contributed by atoms with E-state index in [0.717, 1.165) is 12.3 Å². The minimum atomic E-state index is 0.528. The van der Waals surface area contributed by atoms with Crippen molar-refractivity contribution in [2.24, 2.45) is 0 Å². The number of thioether (sulfide) groups is 1. The maximum absolute atomic E-state index is 5.69. The van der Waals surface area contributed by atoms with Gasteiger partial charge >= 0.3 is 0 Å². The van der Waals surface area contributed by atoms with E-state index in [0.29, 0.717) is 11.2 Å². The van der Waals surface area contributed by atoms with Crippen LogP contribution in [0.3, 0.4) is 0 Å². The summed E-state index contributed by atoms with van der Waals surface area (Å²) in [5, 5.41) is 3.96. The van der Waals surface area contributed by atoms with Gasteiger partial charge in [-0.05, 0) is 24.8 Å². The lowest BCUT2D eigenvalue weighted by Crippen LogP contribution is -2.27. The van der Waals surface area contributed by atoms with Crippen molar-refractivity contribution in [1.29, 1.82) is 0 Å². The molecule has 1 rings (SSSR count). The van der Waals surface area contributed by atoms with Gasteiger partial charge in [0.1, 0.15) is 5.15 Å². The predicted octanol–water partition coefficient (Wildman–Crippen LogP) is 2.58. The average Bonchev–Trinajstić information content (AvgIpc) is 2.17. The van der Waals surface area contributed by atoms with E-state index >= 15 is 0 Å². The topological polar surface area (TPSA) is 24.9 Å². The molecular formula is C10H15ClN2S. The summed E-state index contributed by atoms with van der Waals surface area (Å²) in [4.78, 5) is 4.02. The number of halogens is 1. The number of nitrogens with zero attached hydrogens (tertiary/aromatic N) is 1. The molecular weight excluding hydrogens is 216 g/mol. The van der Waals surface area contributed by atoms with Crippen LogP contribution < -0.4 is 5.32 Å². The molecule has 14 heavy (non-hydrogen) atoms. The highest BCUT2D eigenvalue weighted by atomic mass is 35.5. The maximum Gasteiger partial charge on any atom is 0.129 e. The van der Waals surface area contributed by atoms with Gasteiger partial charge in [-0.3, -0.25) is 0 Å². The van der Waals surface area contributed by atoms with Crippen LogP contribution in [-0.2, 0) is 6.54 Å². The van der Waals surface area contributed by atoms with Crippen molar-refractivity contribution in [3.63, 3.8) is 0 Å². The fourth-order valence-corrected chi connectivity index (χ4v) is 1.84. The second-order valence-corrected chi connectivity index (χ2v) is 4.52. The molecule has 0 spiro atoms. The normalized spacial score (nSPS) is 12.8. The lowest BCUT2D eigenvalue weighted by molar-refractivity contribution is 0.595. The Bertz CT molecular complexity index is 263. The van der Waals surface area contributed by atoms with Crippen molar-refractivity contribution in [2.75, 3.05) is 12.0 Å². The van der Waals surface area contributed by atoms with Gasteiger partial charge in [0.2, 0.25) is 0 Å². The third-order valence-corrected chi connectivity index (χ3v) is 2.92. The molecule has 1 heterocycles. The monoisotopic (exact) mass is 230 g/mol. The molecule has 0 aliphatic rings. The Morgan fingerprint density at radius 3 is 2.93 bits per heavy atom. The Morgan fingerprint density at radius 2 is 2.36 bits per heavy atom. The molecule has 0 saturated heterocycles. The van der Waals surface area contributed by atoms with Crippen LogP contribution in [-0.4, -0.2) is 23.0 Å². The predicted molar refractivity (Wildman–Crippen MR) is 63.9 cm³/mol. The molecule has 1 N–H and O–H groups in total. The van der Waals surface area contributed by atoms with Crippen LogP contribution in [0.4, 0.5) is 0 Å². The smallest absolute Gasteiger partial charge is 0.129 e. The fraction of sp³-hybridized carbons (Fsp3) is 0.500. The average molecular weight is 231 g/mol. The van der Waals surface area contributed by atoms with Gasteiger partial charge < -0.3 is 5.32 Å². The molecule has 4 heteroatoms. The highest BCUT2D eigenvalue weighted by Gasteiger charge is 2.00. The summed E-state index contributed by atoms with van der Waals surface area (Å²) in [7, 11) is 0. The van der Waals surface area contributed by atoms with Crippen molar-refractivity contribution < 1.29 is 0 Å². The van der Waals surface area contributed by atoms with E-state index in [2.05, 4.69) is 23.5 Å². The quantitative estimate of drug-likeness (QED) is 0.788. The molecule has 0 amide bonds. The van der Waals surface area contributed by atoms with E-state index < -0.39 is 0 Å². The lowest BCUT2D eigenvalue weighted by atomic mass is 10.2. The van der Waals surface area contributed by atoms with Crippen LogP contribution in [0.5, 0.6) is 0 Å². The maximum atomic E-state index is 5.69. The molecule has 0 aromatic carbocycles. The SMILES string of the molecule is CSCC(C)NCc1ccc(Cl)nc1. The fourth-order valence-electron chi connectivity index (χ4n) is 1.11. The van der Waals surface area contributed by atoms with Gasteiger partial charge in [-0.1, -0.05) is 17.7 Å². The van der Waals surface area contributed by atoms with Crippen molar-refractivity contribution in [3.8, 4) is 0 Å². The Balaban J connectivity index is 2.34. The number of hydrogen-bond acceptors (Lipinski definition) is 3. The third kappa shape index (κ3) is 4.31. The van der Waals surface area contributed by atoms with Gasteiger partial charge in [0, 0.05) is 24.5 Å². The molecule has 1 atom stereocenters. The summed E-state index contributed by atoms with van der Waals surface area (Å²) < 4.78 is 0. The summed E-state index contributed by atoms with van der Waals surface area (Å²) in [6.45, 7) is 3.03. The molecule has 0 saturated carbocycles. The highest BCUT2D eigenvalue weighted by Crippen LogP contribution is 2.05. The molecule has 0 radical (unpaired) electrons. The van der Waals surface area contributed by atoms with Crippen LogP contribution in [0.15, 0.2) is 18.3 Å². The highest BCUT2D eigenvalue weighted by molar-refractivity contribution is 7.98. The Morgan fingerprint density at radius 1 is 1.57 bits per heavy atom. The van der Waals surface area contributed by atoms with Crippen LogP contribution in [0.2, 0.25) is 5.15 Å².